The van der Waals surface area contributed by atoms with E-state index in [2.05, 4.69) is 430 Å². The summed E-state index contributed by atoms with van der Waals surface area (Å²) in [7, 11) is -4.54. The van der Waals surface area contributed by atoms with E-state index >= 15 is 0 Å². The van der Waals surface area contributed by atoms with Crippen molar-refractivity contribution in [3.63, 3.8) is 0 Å². The van der Waals surface area contributed by atoms with Gasteiger partial charge in [-0.2, -0.15) is 26.3 Å². The predicted octanol–water partition coefficient (Wildman–Crippen LogP) is 25.9. The molecule has 0 aliphatic heterocycles. The third-order valence-corrected chi connectivity index (χ3v) is 33.3. The average Bonchev–Trinajstić information content (AvgIpc) is 0.731. The summed E-state index contributed by atoms with van der Waals surface area (Å²) in [6.45, 7) is 46.2. The molecule has 0 unspecified atom stereocenters. The van der Waals surface area contributed by atoms with Crippen LogP contribution in [0.25, 0.3) is 22.3 Å². The Bertz CT molecular complexity index is 5930. The molecule has 0 amide bonds. The predicted molar refractivity (Wildman–Crippen MR) is 548 cm³/mol. The van der Waals surface area contributed by atoms with Crippen LogP contribution in [0.1, 0.15) is 218 Å². The highest BCUT2D eigenvalue weighted by atomic mass is 28.3. The Morgan fingerprint density at radius 3 is 0.867 bits per heavy atom. The van der Waals surface area contributed by atoms with Crippen molar-refractivity contribution in [1.29, 1.82) is 26.3 Å². The monoisotopic (exact) mass is 1700 g/mol. The van der Waals surface area contributed by atoms with E-state index in [0.717, 1.165) is 50.1 Å². The number of hydrogen-bond acceptors (Lipinski definition) is 5. The molecule has 0 spiro atoms. The molecule has 0 aliphatic carbocycles. The summed E-state index contributed by atoms with van der Waals surface area (Å²) >= 11 is 0. The lowest BCUT2D eigenvalue weighted by molar-refractivity contribution is 0.587. The maximum absolute atomic E-state index is 9.05. The first-order valence-corrected chi connectivity index (χ1v) is 47.8. The first-order chi connectivity index (χ1) is 60.7. The topological polar surface area (TPSA) is 119 Å². The largest absolute Gasteiger partial charge is 0.192 e. The SMILES string of the molecule is C#Cc1ccc(-c2cccc(-c3ccc(C#N)cc3)c2C(C)(C)C)cc1.C#Cc1cccc(C#N)c1C(C)(C)C.CC(C)(C)[Si](c1ccccc1)(c1ccccc1)c1ccccc1.CC(C)(C)c1ccc(C#N)cc1.CC(C)(C)c1cccc(C#N)c1.CC(C)(C)c1cccc([Si](c2ccccc2)(c2ccccc2)c2ccccc2)c1.CC(C)(C)c1ccccc1C#N. The van der Waals surface area contributed by atoms with Gasteiger partial charge in [0.25, 0.3) is 0 Å². The van der Waals surface area contributed by atoms with Crippen molar-refractivity contribution < 1.29 is 0 Å². The number of nitriles is 5. The summed E-state index contributed by atoms with van der Waals surface area (Å²) in [4.78, 5) is 0. The maximum Gasteiger partial charge on any atom is 0.179 e. The second kappa shape index (κ2) is 44.3. The number of terminal acetylenes is 2. The van der Waals surface area contributed by atoms with Gasteiger partial charge in [-0.3, -0.25) is 0 Å². The highest BCUT2D eigenvalue weighted by molar-refractivity contribution is 7.20. The molecule has 0 radical (unpaired) electrons. The van der Waals surface area contributed by atoms with Crippen LogP contribution >= 0.6 is 0 Å². The Kier molecular flexibility index (Phi) is 34.4. The van der Waals surface area contributed by atoms with Gasteiger partial charge in [-0.25, -0.2) is 0 Å². The van der Waals surface area contributed by atoms with Crippen LogP contribution in [0, 0.1) is 81.3 Å². The molecule has 0 fully saturated rings. The fourth-order valence-electron chi connectivity index (χ4n) is 16.4. The number of rotatable bonds is 9. The molecule has 5 nitrogen and oxygen atoms in total. The molecular formula is C121H125N5Si2. The van der Waals surface area contributed by atoms with E-state index in [1.54, 1.807) is 6.07 Å². The van der Waals surface area contributed by atoms with E-state index in [4.69, 9.17) is 39.2 Å². The summed E-state index contributed by atoms with van der Waals surface area (Å²) in [5.74, 6) is 5.30. The maximum atomic E-state index is 9.05. The van der Waals surface area contributed by atoms with E-state index in [1.807, 2.05) is 115 Å². The van der Waals surface area contributed by atoms with Crippen LogP contribution in [-0.2, 0) is 32.5 Å². The zero-order valence-electron chi connectivity index (χ0n) is 79.0. The molecule has 0 N–H and O–H groups in total. The highest BCUT2D eigenvalue weighted by Gasteiger charge is 2.49. The van der Waals surface area contributed by atoms with E-state index in [-0.39, 0.29) is 37.5 Å². The lowest BCUT2D eigenvalue weighted by Crippen LogP contribution is -2.74. The Morgan fingerprint density at radius 2 is 0.531 bits per heavy atom. The number of benzene rings is 14. The number of nitrogens with zero attached hydrogens (tertiary/aromatic N) is 5. The van der Waals surface area contributed by atoms with E-state index in [0.29, 0.717) is 11.1 Å². The Hall–Kier alpha value is -13.9. The van der Waals surface area contributed by atoms with Crippen molar-refractivity contribution in [2.24, 2.45) is 0 Å². The molecule has 642 valence electrons. The summed E-state index contributed by atoms with van der Waals surface area (Å²) < 4.78 is 0. The molecule has 0 saturated heterocycles. The quantitative estimate of drug-likeness (QED) is 0.0810. The molecule has 0 saturated carbocycles. The fraction of sp³-hybridized carbons (Fsp3) is 0.231. The van der Waals surface area contributed by atoms with E-state index in [9.17, 15) is 0 Å². The van der Waals surface area contributed by atoms with Crippen molar-refractivity contribution in [1.82, 2.24) is 0 Å². The van der Waals surface area contributed by atoms with Crippen molar-refractivity contribution in [3.8, 4) is 77.3 Å². The minimum atomic E-state index is -2.41. The van der Waals surface area contributed by atoms with Gasteiger partial charge in [0.05, 0.1) is 58.2 Å². The van der Waals surface area contributed by atoms with Crippen LogP contribution in [0.3, 0.4) is 0 Å². The Balaban J connectivity index is 0.000000190. The average molecular weight is 1710 g/mol. The van der Waals surface area contributed by atoms with Gasteiger partial charge in [0, 0.05) is 11.1 Å². The lowest BCUT2D eigenvalue weighted by atomic mass is 9.77. The molecule has 0 bridgehead atoms. The lowest BCUT2D eigenvalue weighted by Gasteiger charge is -2.44. The zero-order valence-corrected chi connectivity index (χ0v) is 81.0. The minimum Gasteiger partial charge on any atom is -0.192 e. The second-order valence-corrected chi connectivity index (χ2v) is 47.7. The molecule has 0 atom stereocenters. The van der Waals surface area contributed by atoms with Gasteiger partial charge < -0.3 is 0 Å². The molecule has 0 aromatic heterocycles. The molecule has 14 rings (SSSR count). The Morgan fingerprint density at radius 1 is 0.219 bits per heavy atom. The van der Waals surface area contributed by atoms with Gasteiger partial charge in [-0.05, 0) is 196 Å². The van der Waals surface area contributed by atoms with E-state index < -0.39 is 16.1 Å². The molecule has 0 aliphatic rings. The van der Waals surface area contributed by atoms with Crippen LogP contribution in [0.4, 0.5) is 0 Å². The van der Waals surface area contributed by atoms with Gasteiger partial charge >= 0.3 is 0 Å². The van der Waals surface area contributed by atoms with Crippen LogP contribution in [0.15, 0.2) is 364 Å². The normalized spacial score (nSPS) is 11.3. The fourth-order valence-corrected chi connectivity index (χ4v) is 26.8. The minimum absolute atomic E-state index is 0.0371. The van der Waals surface area contributed by atoms with Crippen molar-refractivity contribution in [3.05, 3.63) is 436 Å². The summed E-state index contributed by atoms with van der Waals surface area (Å²) in [6, 6.07) is 138. The standard InChI is InChI=1S/C28H28Si.C25H21N.C22H24Si.C13H13N.3C11H13N/c1-28(2,3)23-14-13-21-27(22-23)29(24-15-7-4-8-16-24,25-17-9-5-10-18-25)26-19-11-6-12-20-26;1-5-18-9-13-20(14-10-18)22-7-6-8-23(24(22)25(2,3)4)21-15-11-19(17-26)12-16-21;1-22(2,3)23(19-13-7-4-8-14-19,20-15-9-5-10-16-20)21-17-11-6-12-18-21;1-5-10-7-6-8-11(9-14)12(10)13(2,3)4;1-11(2,3)10-6-4-9(8-12)5-7-10;1-11(2,3)10-6-4-5-9(7-10)8-12;1-11(2,3)10-7-5-4-6-9(10)8-12/h4-22H,1-3H3;1,6-16H,2-4H3;4-18H,1-3H3;1,6-8H,2-4H3;3*4-7H,1-3H3. The third kappa shape index (κ3) is 25.7. The van der Waals surface area contributed by atoms with Gasteiger partial charge in [0.15, 0.2) is 16.1 Å². The summed E-state index contributed by atoms with van der Waals surface area (Å²) in [5.41, 5.74) is 17.6. The van der Waals surface area contributed by atoms with Gasteiger partial charge in [-0.1, -0.05) is 454 Å². The molecule has 7 heteroatoms. The highest BCUT2D eigenvalue weighted by Crippen LogP contribution is 2.41. The van der Waals surface area contributed by atoms with Crippen LogP contribution < -0.4 is 36.3 Å². The van der Waals surface area contributed by atoms with Crippen molar-refractivity contribution in [2.45, 2.75) is 183 Å². The molecule has 14 aromatic rings. The van der Waals surface area contributed by atoms with Crippen LogP contribution in [-0.4, -0.2) is 16.1 Å². The second-order valence-electron chi connectivity index (χ2n) is 39.2. The van der Waals surface area contributed by atoms with Crippen molar-refractivity contribution >= 4 is 52.5 Å². The molecule has 128 heavy (non-hydrogen) atoms. The van der Waals surface area contributed by atoms with Gasteiger partial charge in [0.2, 0.25) is 0 Å². The molecule has 14 aromatic carbocycles. The third-order valence-electron chi connectivity index (χ3n) is 22.7. The van der Waals surface area contributed by atoms with Gasteiger partial charge in [-0.15, -0.1) is 12.8 Å². The van der Waals surface area contributed by atoms with Crippen LogP contribution in [0.5, 0.6) is 0 Å². The first-order valence-electron chi connectivity index (χ1n) is 43.8. The van der Waals surface area contributed by atoms with Crippen molar-refractivity contribution in [2.75, 3.05) is 0 Å². The van der Waals surface area contributed by atoms with E-state index in [1.165, 1.54) is 69.7 Å². The van der Waals surface area contributed by atoms with Gasteiger partial charge in [0.1, 0.15) is 0 Å². The molecule has 0 heterocycles. The Labute approximate surface area is 769 Å². The molecular weight excluding hydrogens is 1580 g/mol. The number of hydrogen-bond donors (Lipinski definition) is 0. The first kappa shape index (κ1) is 99.5. The smallest absolute Gasteiger partial charge is 0.179 e. The van der Waals surface area contributed by atoms with Crippen LogP contribution in [0.2, 0.25) is 5.04 Å². The summed E-state index contributed by atoms with van der Waals surface area (Å²) in [6.07, 6.45) is 10.9. The zero-order chi connectivity index (χ0) is 93.7. The summed E-state index contributed by atoms with van der Waals surface area (Å²) in [5, 5.41) is 54.4.